The first kappa shape index (κ1) is 30.4. The zero-order chi connectivity index (χ0) is 27.6. The molecule has 3 heterocycles. The van der Waals surface area contributed by atoms with Gasteiger partial charge in [-0.15, -0.1) is 0 Å². The van der Waals surface area contributed by atoms with Crippen LogP contribution in [0.5, 0.6) is 0 Å². The van der Waals surface area contributed by atoms with Crippen LogP contribution in [0.3, 0.4) is 0 Å². The molecule has 15 heteroatoms. The maximum absolute atomic E-state index is 11.1. The summed E-state index contributed by atoms with van der Waals surface area (Å²) in [6.07, 6.45) is -7.77. The Hall–Kier alpha value is -0.600. The van der Waals surface area contributed by atoms with E-state index in [1.54, 1.807) is 0 Å². The highest BCUT2D eigenvalue weighted by atomic mass is 16.8. The topological polar surface area (TPSA) is 266 Å². The number of aliphatic hydroxyl groups excluding tert-OH is 4. The first-order chi connectivity index (χ1) is 18.2. The highest BCUT2D eigenvalue weighted by molar-refractivity contribution is 5.01. The maximum Gasteiger partial charge on any atom is 0.187 e. The van der Waals surface area contributed by atoms with Crippen LogP contribution >= 0.6 is 0 Å². The Morgan fingerprint density at radius 2 is 1.18 bits per heavy atom. The van der Waals surface area contributed by atoms with Crippen LogP contribution in [0.2, 0.25) is 0 Å². The zero-order valence-corrected chi connectivity index (χ0v) is 21.4. The summed E-state index contributed by atoms with van der Waals surface area (Å²) in [6.45, 7) is -0.382. The van der Waals surface area contributed by atoms with Gasteiger partial charge in [0.25, 0.3) is 0 Å². The lowest BCUT2D eigenvalue weighted by Gasteiger charge is -2.45. The van der Waals surface area contributed by atoms with Gasteiger partial charge < -0.3 is 77.5 Å². The summed E-state index contributed by atoms with van der Waals surface area (Å²) >= 11 is 0. The van der Waals surface area contributed by atoms with Crippen molar-refractivity contribution < 1.29 is 48.8 Å². The van der Waals surface area contributed by atoms with Crippen LogP contribution in [0, 0.1) is 0 Å². The molecule has 4 rings (SSSR count). The molecule has 0 bridgehead atoms. The van der Waals surface area contributed by atoms with Crippen molar-refractivity contribution >= 4 is 0 Å². The van der Waals surface area contributed by atoms with Crippen molar-refractivity contribution in [2.24, 2.45) is 28.7 Å². The Bertz CT molecular complexity index is 745. The molecule has 0 aromatic rings. The summed E-state index contributed by atoms with van der Waals surface area (Å²) in [7, 11) is 0. The monoisotopic (exact) mass is 551 g/mol. The lowest BCUT2D eigenvalue weighted by Crippen LogP contribution is -2.65. The van der Waals surface area contributed by atoms with Crippen LogP contribution in [0.25, 0.3) is 0 Å². The minimum absolute atomic E-state index is 0.191. The molecule has 0 amide bonds. The van der Waals surface area contributed by atoms with E-state index < -0.39 is 92.4 Å². The van der Waals surface area contributed by atoms with Crippen LogP contribution in [-0.4, -0.2) is 132 Å². The predicted octanol–water partition coefficient (Wildman–Crippen LogP) is -4.74. The molecule has 222 valence electrons. The van der Waals surface area contributed by atoms with E-state index in [-0.39, 0.29) is 19.1 Å². The summed E-state index contributed by atoms with van der Waals surface area (Å²) in [5.74, 6) is 0. The SMILES string of the molecule is NC[C@H]1CC[C@@H](N)[C@@H](O[C@H]2[C@@H](O)[C@H](O[C@@H]3[C@@H](O)[C@H](N)C[C@H](N)[C@H]3O[C@H]3O[C@H](CO)CC[C@H]3N)O[C@@H]2CO)O1. The molecule has 4 fully saturated rings. The largest absolute Gasteiger partial charge is 0.394 e. The lowest BCUT2D eigenvalue weighted by molar-refractivity contribution is -0.289. The normalized spacial score (nSPS) is 50.3. The summed E-state index contributed by atoms with van der Waals surface area (Å²) in [5, 5.41) is 41.5. The molecule has 1 aliphatic carbocycles. The van der Waals surface area contributed by atoms with Crippen molar-refractivity contribution in [1.29, 1.82) is 0 Å². The van der Waals surface area contributed by atoms with E-state index in [0.717, 1.165) is 0 Å². The van der Waals surface area contributed by atoms with Gasteiger partial charge in [0.2, 0.25) is 0 Å². The summed E-state index contributed by atoms with van der Waals surface area (Å²) < 4.78 is 35.5. The number of rotatable bonds is 9. The molecule has 0 unspecified atom stereocenters. The van der Waals surface area contributed by atoms with Gasteiger partial charge in [0.05, 0.1) is 43.6 Å². The fourth-order valence-electron chi connectivity index (χ4n) is 5.52. The van der Waals surface area contributed by atoms with Gasteiger partial charge in [0, 0.05) is 18.6 Å². The van der Waals surface area contributed by atoms with Crippen LogP contribution in [0.4, 0.5) is 0 Å². The molecule has 4 aliphatic rings. The van der Waals surface area contributed by atoms with E-state index in [2.05, 4.69) is 0 Å². The van der Waals surface area contributed by atoms with E-state index in [9.17, 15) is 20.4 Å². The first-order valence-electron chi connectivity index (χ1n) is 13.4. The molecule has 1 saturated carbocycles. The zero-order valence-electron chi connectivity index (χ0n) is 21.4. The van der Waals surface area contributed by atoms with Gasteiger partial charge in [0.15, 0.2) is 18.9 Å². The first-order valence-corrected chi connectivity index (χ1v) is 13.4. The molecule has 0 spiro atoms. The minimum Gasteiger partial charge on any atom is -0.394 e. The van der Waals surface area contributed by atoms with Gasteiger partial charge in [-0.2, -0.15) is 0 Å². The van der Waals surface area contributed by atoms with Gasteiger partial charge in [-0.05, 0) is 32.1 Å². The number of aliphatic hydroxyl groups is 4. The Labute approximate surface area is 221 Å². The van der Waals surface area contributed by atoms with Crippen molar-refractivity contribution in [3.63, 3.8) is 0 Å². The molecule has 14 N–H and O–H groups in total. The Morgan fingerprint density at radius 3 is 1.79 bits per heavy atom. The van der Waals surface area contributed by atoms with Gasteiger partial charge in [-0.1, -0.05) is 0 Å². The molecule has 15 nitrogen and oxygen atoms in total. The van der Waals surface area contributed by atoms with Gasteiger partial charge >= 0.3 is 0 Å². The average molecular weight is 552 g/mol. The maximum atomic E-state index is 11.1. The van der Waals surface area contributed by atoms with Crippen LogP contribution < -0.4 is 28.7 Å². The van der Waals surface area contributed by atoms with Gasteiger partial charge in [-0.25, -0.2) is 0 Å². The smallest absolute Gasteiger partial charge is 0.187 e. The molecule has 3 saturated heterocycles. The molecule has 0 radical (unpaired) electrons. The van der Waals surface area contributed by atoms with Crippen LogP contribution in [-0.2, 0) is 28.4 Å². The summed E-state index contributed by atoms with van der Waals surface area (Å²) in [6, 6.07) is -2.34. The molecule has 15 atom stereocenters. The molecule has 0 aromatic heterocycles. The van der Waals surface area contributed by atoms with Crippen LogP contribution in [0.15, 0.2) is 0 Å². The molecule has 0 aromatic carbocycles. The van der Waals surface area contributed by atoms with E-state index in [4.69, 9.17) is 57.1 Å². The molecular formula is C23H45N5O10. The lowest BCUT2D eigenvalue weighted by atomic mass is 9.84. The number of hydrogen-bond donors (Lipinski definition) is 9. The van der Waals surface area contributed by atoms with Gasteiger partial charge in [-0.3, -0.25) is 0 Å². The van der Waals surface area contributed by atoms with Crippen LogP contribution in [0.1, 0.15) is 32.1 Å². The second-order valence-corrected chi connectivity index (χ2v) is 10.7. The van der Waals surface area contributed by atoms with Crippen molar-refractivity contribution in [3.8, 4) is 0 Å². The van der Waals surface area contributed by atoms with E-state index in [1.807, 2.05) is 0 Å². The fourth-order valence-corrected chi connectivity index (χ4v) is 5.52. The Kier molecular flexibility index (Phi) is 10.7. The summed E-state index contributed by atoms with van der Waals surface area (Å²) in [5.41, 5.74) is 30.5. The van der Waals surface area contributed by atoms with Gasteiger partial charge in [0.1, 0.15) is 30.5 Å². The van der Waals surface area contributed by atoms with Crippen molar-refractivity contribution in [1.82, 2.24) is 0 Å². The summed E-state index contributed by atoms with van der Waals surface area (Å²) in [4.78, 5) is 0. The standard InChI is InChI=1S/C23H45N5O10/c24-6-9-1-3-11(25)21(33-9)37-19-15(8-30)35-23(17(19)32)38-20-16(31)13(27)5-14(28)18(20)36-22-12(26)4-2-10(7-29)34-22/h9-23,29-32H,1-8,24-28H2/t9-,10+,11-,12-,13-,14+,15-,16+,17-,18-,19-,20-,21-,22-,23+/m1/s1. The number of hydrogen-bond acceptors (Lipinski definition) is 15. The van der Waals surface area contributed by atoms with Crippen molar-refractivity contribution in [2.45, 2.75) is 124 Å². The number of nitrogens with two attached hydrogens (primary N) is 5. The quantitative estimate of drug-likeness (QED) is 0.130. The third-order valence-electron chi connectivity index (χ3n) is 7.87. The predicted molar refractivity (Wildman–Crippen MR) is 131 cm³/mol. The fraction of sp³-hybridized carbons (Fsp3) is 1.00. The Balaban J connectivity index is 1.46. The second kappa shape index (κ2) is 13.4. The minimum atomic E-state index is -1.38. The molecule has 38 heavy (non-hydrogen) atoms. The molecule has 3 aliphatic heterocycles. The highest BCUT2D eigenvalue weighted by Gasteiger charge is 2.52. The third kappa shape index (κ3) is 6.64. The van der Waals surface area contributed by atoms with Crippen molar-refractivity contribution in [2.75, 3.05) is 19.8 Å². The van der Waals surface area contributed by atoms with E-state index >= 15 is 0 Å². The second-order valence-electron chi connectivity index (χ2n) is 10.7. The number of ether oxygens (including phenoxy) is 6. The molecular weight excluding hydrogens is 506 g/mol. The average Bonchev–Trinajstić information content (AvgIpc) is 3.20. The Morgan fingerprint density at radius 1 is 0.605 bits per heavy atom. The van der Waals surface area contributed by atoms with Crippen molar-refractivity contribution in [3.05, 3.63) is 0 Å². The highest BCUT2D eigenvalue weighted by Crippen LogP contribution is 2.34. The third-order valence-corrected chi connectivity index (χ3v) is 7.87. The van der Waals surface area contributed by atoms with E-state index in [0.29, 0.717) is 32.2 Å². The van der Waals surface area contributed by atoms with E-state index in [1.165, 1.54) is 0 Å².